The monoisotopic (exact) mass is 228 g/mol. The molecule has 1 aromatic rings. The number of rotatable bonds is 3. The van der Waals surface area contributed by atoms with Gasteiger partial charge in [-0.05, 0) is 19.4 Å². The van der Waals surface area contributed by atoms with Gasteiger partial charge in [0, 0.05) is 5.56 Å². The summed E-state index contributed by atoms with van der Waals surface area (Å²) >= 11 is 0. The van der Waals surface area contributed by atoms with Gasteiger partial charge in [0.25, 0.3) is 0 Å². The van der Waals surface area contributed by atoms with Crippen LogP contribution in [-0.4, -0.2) is 16.2 Å². The molecular weight excluding hydrogens is 218 g/mol. The highest BCUT2D eigenvalue weighted by Gasteiger charge is 2.23. The molecule has 5 heteroatoms. The Hall–Kier alpha value is -1.91. The van der Waals surface area contributed by atoms with Gasteiger partial charge < -0.3 is 10.2 Å². The van der Waals surface area contributed by atoms with Gasteiger partial charge in [0.2, 0.25) is 0 Å². The maximum absolute atomic E-state index is 13.1. The number of hydrogen-bond acceptors (Lipinski definition) is 2. The van der Waals surface area contributed by atoms with E-state index < -0.39 is 28.9 Å². The normalized spacial score (nSPS) is 10.2. The molecule has 0 aliphatic rings. The second kappa shape index (κ2) is 4.30. The molecule has 0 saturated carbocycles. The van der Waals surface area contributed by atoms with E-state index in [9.17, 15) is 18.7 Å². The predicted molar refractivity (Wildman–Crippen MR) is 53.5 cm³/mol. The van der Waals surface area contributed by atoms with Gasteiger partial charge in [0.1, 0.15) is 11.3 Å². The van der Waals surface area contributed by atoms with Gasteiger partial charge in [-0.2, -0.15) is 0 Å². The summed E-state index contributed by atoms with van der Waals surface area (Å²) in [6.07, 6.45) is 0.0866. The summed E-state index contributed by atoms with van der Waals surface area (Å²) in [5.41, 5.74) is -0.447. The van der Waals surface area contributed by atoms with E-state index in [0.29, 0.717) is 5.57 Å². The van der Waals surface area contributed by atoms with Crippen molar-refractivity contribution in [2.24, 2.45) is 0 Å². The lowest BCUT2D eigenvalue weighted by Gasteiger charge is -2.08. The van der Waals surface area contributed by atoms with Crippen molar-refractivity contribution < 1.29 is 23.8 Å². The van der Waals surface area contributed by atoms with Crippen LogP contribution in [0.4, 0.5) is 8.78 Å². The minimum absolute atomic E-state index is 0.00352. The first kappa shape index (κ1) is 12.2. The van der Waals surface area contributed by atoms with Gasteiger partial charge >= 0.3 is 5.97 Å². The highest BCUT2D eigenvalue weighted by atomic mass is 19.2. The van der Waals surface area contributed by atoms with Gasteiger partial charge in [-0.3, -0.25) is 0 Å². The molecule has 0 saturated heterocycles. The number of aromatic hydroxyl groups is 1. The summed E-state index contributed by atoms with van der Waals surface area (Å²) in [5, 5.41) is 18.1. The number of hydrogen-bond donors (Lipinski definition) is 2. The molecule has 0 atom stereocenters. The van der Waals surface area contributed by atoms with Crippen molar-refractivity contribution in [2.45, 2.75) is 13.3 Å². The van der Waals surface area contributed by atoms with E-state index >= 15 is 0 Å². The maximum atomic E-state index is 13.1. The Bertz CT molecular complexity index is 467. The van der Waals surface area contributed by atoms with Crippen molar-refractivity contribution in [1.29, 1.82) is 0 Å². The lowest BCUT2D eigenvalue weighted by atomic mass is 10.0. The molecule has 0 aliphatic carbocycles. The van der Waals surface area contributed by atoms with Gasteiger partial charge in [-0.1, -0.05) is 12.2 Å². The van der Waals surface area contributed by atoms with Gasteiger partial charge in [0.15, 0.2) is 11.6 Å². The molecule has 16 heavy (non-hydrogen) atoms. The molecule has 0 unspecified atom stereocenters. The second-order valence-corrected chi connectivity index (χ2v) is 3.49. The highest BCUT2D eigenvalue weighted by molar-refractivity contribution is 5.91. The minimum atomic E-state index is -1.71. The Morgan fingerprint density at radius 2 is 2.06 bits per heavy atom. The van der Waals surface area contributed by atoms with E-state index in [0.717, 1.165) is 6.07 Å². The fourth-order valence-corrected chi connectivity index (χ4v) is 1.32. The van der Waals surface area contributed by atoms with Crippen LogP contribution < -0.4 is 0 Å². The van der Waals surface area contributed by atoms with Crippen molar-refractivity contribution >= 4 is 5.97 Å². The summed E-state index contributed by atoms with van der Waals surface area (Å²) in [4.78, 5) is 10.6. The predicted octanol–water partition coefficient (Wildman–Crippen LogP) is 2.49. The van der Waals surface area contributed by atoms with Crippen LogP contribution in [0.3, 0.4) is 0 Å². The molecule has 0 fully saturated rings. The molecular formula is C11H10F2O3. The molecule has 0 amide bonds. The van der Waals surface area contributed by atoms with Crippen LogP contribution in [0, 0.1) is 11.6 Å². The Morgan fingerprint density at radius 3 is 2.50 bits per heavy atom. The van der Waals surface area contributed by atoms with Gasteiger partial charge in [0.05, 0.1) is 0 Å². The van der Waals surface area contributed by atoms with Crippen LogP contribution in [0.25, 0.3) is 0 Å². The Kier molecular flexibility index (Phi) is 3.27. The molecule has 2 N–H and O–H groups in total. The van der Waals surface area contributed by atoms with Crippen molar-refractivity contribution in [3.05, 3.63) is 41.0 Å². The largest absolute Gasteiger partial charge is 0.507 e. The van der Waals surface area contributed by atoms with Crippen LogP contribution in [0.2, 0.25) is 0 Å². The Balaban J connectivity index is 3.44. The first-order valence-corrected chi connectivity index (χ1v) is 4.42. The van der Waals surface area contributed by atoms with E-state index in [1.54, 1.807) is 6.92 Å². The van der Waals surface area contributed by atoms with Crippen molar-refractivity contribution in [1.82, 2.24) is 0 Å². The average Bonchev–Trinajstić information content (AvgIpc) is 2.13. The topological polar surface area (TPSA) is 57.5 Å². The number of aromatic carboxylic acids is 1. The molecule has 0 bridgehead atoms. The molecule has 86 valence electrons. The van der Waals surface area contributed by atoms with Crippen molar-refractivity contribution in [2.75, 3.05) is 0 Å². The Morgan fingerprint density at radius 1 is 1.50 bits per heavy atom. The summed E-state index contributed by atoms with van der Waals surface area (Å²) in [6.45, 7) is 5.17. The van der Waals surface area contributed by atoms with Gasteiger partial charge in [-0.15, -0.1) is 0 Å². The lowest BCUT2D eigenvalue weighted by molar-refractivity contribution is 0.0687. The fourth-order valence-electron chi connectivity index (χ4n) is 1.32. The van der Waals surface area contributed by atoms with E-state index in [4.69, 9.17) is 5.11 Å². The zero-order valence-electron chi connectivity index (χ0n) is 8.55. The van der Waals surface area contributed by atoms with E-state index in [2.05, 4.69) is 6.58 Å². The number of carboxylic acids is 1. The summed E-state index contributed by atoms with van der Waals surface area (Å²) in [5.74, 6) is -5.33. The third-order valence-electron chi connectivity index (χ3n) is 1.98. The molecule has 1 aromatic carbocycles. The van der Waals surface area contributed by atoms with E-state index in [-0.39, 0.29) is 12.0 Å². The summed E-state index contributed by atoms with van der Waals surface area (Å²) in [6, 6.07) is 0.770. The van der Waals surface area contributed by atoms with Crippen LogP contribution in [0.15, 0.2) is 18.2 Å². The number of carboxylic acid groups (broad SMARTS) is 1. The summed E-state index contributed by atoms with van der Waals surface area (Å²) in [7, 11) is 0. The second-order valence-electron chi connectivity index (χ2n) is 3.49. The zero-order valence-corrected chi connectivity index (χ0v) is 8.55. The fraction of sp³-hybridized carbons (Fsp3) is 0.182. The SMILES string of the molecule is C=C(C)Cc1cc(F)c(F)c(C(=O)O)c1O. The van der Waals surface area contributed by atoms with Crippen LogP contribution in [0.5, 0.6) is 5.75 Å². The third kappa shape index (κ3) is 2.18. The summed E-state index contributed by atoms with van der Waals surface area (Å²) < 4.78 is 26.1. The minimum Gasteiger partial charge on any atom is -0.507 e. The van der Waals surface area contributed by atoms with Crippen molar-refractivity contribution in [3.63, 3.8) is 0 Å². The smallest absolute Gasteiger partial charge is 0.342 e. The standard InChI is InChI=1S/C11H10F2O3/c1-5(2)3-6-4-7(12)9(13)8(10(6)14)11(15)16/h4,14H,1,3H2,2H3,(H,15,16). The molecule has 1 rings (SSSR count). The molecule has 0 radical (unpaired) electrons. The molecule has 0 heterocycles. The highest BCUT2D eigenvalue weighted by Crippen LogP contribution is 2.29. The van der Waals surface area contributed by atoms with Crippen molar-refractivity contribution in [3.8, 4) is 5.75 Å². The number of halogens is 2. The molecule has 3 nitrogen and oxygen atoms in total. The van der Waals surface area contributed by atoms with Crippen LogP contribution in [-0.2, 0) is 6.42 Å². The van der Waals surface area contributed by atoms with E-state index in [1.165, 1.54) is 0 Å². The molecule has 0 aliphatic heterocycles. The maximum Gasteiger partial charge on any atom is 0.342 e. The van der Waals surface area contributed by atoms with E-state index in [1.807, 2.05) is 0 Å². The van der Waals surface area contributed by atoms with Crippen LogP contribution in [0.1, 0.15) is 22.8 Å². The first-order valence-electron chi connectivity index (χ1n) is 4.42. The quantitative estimate of drug-likeness (QED) is 0.781. The number of carbonyl (C=O) groups is 1. The lowest BCUT2D eigenvalue weighted by Crippen LogP contribution is -2.06. The number of benzene rings is 1. The number of allylic oxidation sites excluding steroid dienone is 1. The average molecular weight is 228 g/mol. The van der Waals surface area contributed by atoms with Crippen LogP contribution >= 0.6 is 0 Å². The first-order chi connectivity index (χ1) is 7.34. The molecule has 0 spiro atoms. The van der Waals surface area contributed by atoms with Gasteiger partial charge in [-0.25, -0.2) is 13.6 Å². The third-order valence-corrected chi connectivity index (χ3v) is 1.98. The zero-order chi connectivity index (χ0) is 12.5. The molecule has 0 aromatic heterocycles. The Labute approximate surface area is 90.6 Å². The number of phenols is 1.